The molecule has 0 saturated carbocycles. The molecule has 13 nitrogen and oxygen atoms in total. The van der Waals surface area contributed by atoms with Crippen LogP contribution in [0.1, 0.15) is 29.5 Å². The van der Waals surface area contributed by atoms with Gasteiger partial charge in [-0.05, 0) is 54.2 Å². The molecule has 2 aliphatic rings. The van der Waals surface area contributed by atoms with Gasteiger partial charge in [0.15, 0.2) is 0 Å². The van der Waals surface area contributed by atoms with Crippen molar-refractivity contribution in [3.63, 3.8) is 0 Å². The minimum atomic E-state index is -1.33. The third-order valence-corrected chi connectivity index (χ3v) is 9.01. The lowest BCUT2D eigenvalue weighted by atomic mass is 10.0. The summed E-state index contributed by atoms with van der Waals surface area (Å²) >= 11 is 0. The number of para-hydroxylation sites is 1. The van der Waals surface area contributed by atoms with Crippen LogP contribution in [0.2, 0.25) is 0 Å². The predicted molar refractivity (Wildman–Crippen MR) is 179 cm³/mol. The van der Waals surface area contributed by atoms with Gasteiger partial charge in [-0.15, -0.1) is 0 Å². The first-order valence-corrected chi connectivity index (χ1v) is 16.2. The van der Waals surface area contributed by atoms with Gasteiger partial charge in [0.25, 0.3) is 5.91 Å². The van der Waals surface area contributed by atoms with Gasteiger partial charge in [-0.1, -0.05) is 60.7 Å². The van der Waals surface area contributed by atoms with E-state index in [1.165, 1.54) is 17.0 Å². The number of aliphatic carboxylic acids is 1. The number of aromatic hydroxyl groups is 1. The molecule has 254 valence electrons. The molecule has 1 aromatic heterocycles. The van der Waals surface area contributed by atoms with Crippen LogP contribution in [0.15, 0.2) is 85.1 Å². The van der Waals surface area contributed by atoms with Crippen molar-refractivity contribution in [1.82, 2.24) is 31.0 Å². The Kier molecular flexibility index (Phi) is 9.90. The Morgan fingerprint density at radius 1 is 0.755 bits per heavy atom. The van der Waals surface area contributed by atoms with Crippen molar-refractivity contribution in [2.45, 2.75) is 56.3 Å². The van der Waals surface area contributed by atoms with Gasteiger partial charge in [-0.25, -0.2) is 5.43 Å². The Hall–Kier alpha value is -5.69. The minimum absolute atomic E-state index is 0.0162. The van der Waals surface area contributed by atoms with Crippen molar-refractivity contribution in [3.8, 4) is 5.75 Å². The second kappa shape index (κ2) is 14.6. The molecule has 0 unspecified atom stereocenters. The van der Waals surface area contributed by atoms with Crippen molar-refractivity contribution < 1.29 is 34.2 Å². The number of phenols is 1. The summed E-state index contributed by atoms with van der Waals surface area (Å²) in [7, 11) is 0. The molecule has 4 amide bonds. The van der Waals surface area contributed by atoms with E-state index in [4.69, 9.17) is 0 Å². The first-order valence-electron chi connectivity index (χ1n) is 16.2. The maximum atomic E-state index is 14.3. The summed E-state index contributed by atoms with van der Waals surface area (Å²) in [4.78, 5) is 73.4. The maximum Gasteiger partial charge on any atom is 0.324 e. The zero-order chi connectivity index (χ0) is 34.5. The number of hydrazine groups is 1. The van der Waals surface area contributed by atoms with Crippen molar-refractivity contribution in [1.29, 1.82) is 0 Å². The summed E-state index contributed by atoms with van der Waals surface area (Å²) in [5.74, 6) is -3.70. The fourth-order valence-corrected chi connectivity index (χ4v) is 6.58. The lowest BCUT2D eigenvalue weighted by Gasteiger charge is -2.33. The van der Waals surface area contributed by atoms with E-state index >= 15 is 0 Å². The number of carbonyl (C=O) groups excluding carboxylic acids is 4. The molecule has 0 bridgehead atoms. The third kappa shape index (κ3) is 7.73. The molecule has 2 fully saturated rings. The van der Waals surface area contributed by atoms with Crippen LogP contribution in [0.4, 0.5) is 0 Å². The highest BCUT2D eigenvalue weighted by atomic mass is 16.4. The quantitative estimate of drug-likeness (QED) is 0.164. The van der Waals surface area contributed by atoms with Gasteiger partial charge in [0.2, 0.25) is 17.7 Å². The predicted octanol–water partition coefficient (Wildman–Crippen LogP) is 1.66. The number of fused-ring (bicyclic) bond motifs is 2. The van der Waals surface area contributed by atoms with Crippen LogP contribution < -0.4 is 16.1 Å². The molecular formula is C36H38N6O7. The first kappa shape index (κ1) is 33.2. The molecule has 0 aliphatic carbocycles. The van der Waals surface area contributed by atoms with Crippen molar-refractivity contribution >= 4 is 40.5 Å². The summed E-state index contributed by atoms with van der Waals surface area (Å²) in [5.41, 5.74) is 5.83. The molecular weight excluding hydrogens is 628 g/mol. The minimum Gasteiger partial charge on any atom is -0.508 e. The number of H-pyrrole nitrogens is 1. The summed E-state index contributed by atoms with van der Waals surface area (Å²) in [5, 5.41) is 27.1. The molecule has 49 heavy (non-hydrogen) atoms. The number of carboxylic acid groups (broad SMARTS) is 1. The van der Waals surface area contributed by atoms with Crippen LogP contribution in [0.25, 0.3) is 10.9 Å². The average Bonchev–Trinajstić information content (AvgIpc) is 3.75. The highest BCUT2D eigenvalue weighted by Gasteiger charge is 2.41. The number of nitrogens with one attached hydrogen (secondary N) is 4. The number of aromatic amines is 1. The van der Waals surface area contributed by atoms with Crippen LogP contribution in [0.5, 0.6) is 5.75 Å². The van der Waals surface area contributed by atoms with E-state index in [-0.39, 0.29) is 31.6 Å². The highest BCUT2D eigenvalue weighted by Crippen LogP contribution is 2.23. The number of hydrogen-bond acceptors (Lipinski definition) is 7. The van der Waals surface area contributed by atoms with E-state index in [1.54, 1.807) is 42.6 Å². The van der Waals surface area contributed by atoms with Crippen molar-refractivity contribution in [2.24, 2.45) is 0 Å². The summed E-state index contributed by atoms with van der Waals surface area (Å²) < 4.78 is 0. The molecule has 2 saturated heterocycles. The Bertz CT molecular complexity index is 1840. The van der Waals surface area contributed by atoms with Crippen LogP contribution in [0.3, 0.4) is 0 Å². The molecule has 3 aromatic carbocycles. The molecule has 0 spiro atoms. The Morgan fingerprint density at radius 2 is 1.43 bits per heavy atom. The van der Waals surface area contributed by atoms with Crippen LogP contribution in [-0.2, 0) is 43.2 Å². The fraction of sp³-hybridized carbons (Fsp3) is 0.306. The van der Waals surface area contributed by atoms with Gasteiger partial charge in [0, 0.05) is 36.5 Å². The molecule has 6 rings (SSSR count). The topological polar surface area (TPSA) is 184 Å². The summed E-state index contributed by atoms with van der Waals surface area (Å²) in [6, 6.07) is 18.3. The Balaban J connectivity index is 1.41. The fourth-order valence-electron chi connectivity index (χ4n) is 6.58. The van der Waals surface area contributed by atoms with Gasteiger partial charge in [0.05, 0.1) is 0 Å². The van der Waals surface area contributed by atoms with Crippen LogP contribution in [0, 0.1) is 0 Å². The van der Waals surface area contributed by atoms with E-state index < -0.39 is 60.3 Å². The number of carbonyl (C=O) groups is 5. The smallest absolute Gasteiger partial charge is 0.324 e. The second-order valence-electron chi connectivity index (χ2n) is 12.4. The average molecular weight is 667 g/mol. The number of benzene rings is 3. The molecule has 3 heterocycles. The Morgan fingerprint density at radius 3 is 2.18 bits per heavy atom. The normalized spacial score (nSPS) is 22.1. The number of carboxylic acids is 1. The highest BCUT2D eigenvalue weighted by molar-refractivity contribution is 5.97. The molecule has 4 aromatic rings. The first-order chi connectivity index (χ1) is 23.7. The van der Waals surface area contributed by atoms with Crippen molar-refractivity contribution in [3.05, 3.63) is 102 Å². The summed E-state index contributed by atoms with van der Waals surface area (Å²) in [6.07, 6.45) is 2.80. The third-order valence-electron chi connectivity index (χ3n) is 9.01. The zero-order valence-electron chi connectivity index (χ0n) is 26.7. The van der Waals surface area contributed by atoms with Gasteiger partial charge >= 0.3 is 5.97 Å². The molecule has 2 aliphatic heterocycles. The number of nitrogens with zero attached hydrogens (tertiary/aromatic N) is 2. The van der Waals surface area contributed by atoms with E-state index in [0.29, 0.717) is 24.0 Å². The Labute approximate surface area is 282 Å². The number of amides is 4. The SMILES string of the molecule is O=C(O)CN1N[C@@H](Cc2ccc(O)cc2)C(=O)N2CCC[C@H]2C(=O)N[C@@H](Cc2c[nH]c3ccccc23)C(=O)N[C@@H](Cc2ccccc2)C1=O. The van der Waals surface area contributed by atoms with E-state index in [2.05, 4.69) is 21.0 Å². The number of rotatable bonds is 8. The second-order valence-corrected chi connectivity index (χ2v) is 12.4. The summed E-state index contributed by atoms with van der Waals surface area (Å²) in [6.45, 7) is -0.549. The van der Waals surface area contributed by atoms with E-state index in [1.807, 2.05) is 30.3 Å². The standard InChI is InChI=1S/C36H38N6O7/c43-25-14-12-23(13-15-25)18-30-35(48)41-16-6-11-31(41)34(47)38-28(19-24-20-37-27-10-5-4-9-26(24)27)33(46)39-29(17-22-7-2-1-3-8-22)36(49)42(40-30)21-32(44)45/h1-5,7-10,12-15,20,28-31,37,40,43H,6,11,16-19,21H2,(H,38,47)(H,39,46)(H,44,45)/t28-,29-,30-,31-/m0/s1. The number of hydrogen-bond donors (Lipinski definition) is 6. The van der Waals surface area contributed by atoms with Gasteiger partial charge in [-0.3, -0.25) is 29.0 Å². The molecule has 13 heteroatoms. The molecule has 4 atom stereocenters. The van der Waals surface area contributed by atoms with Crippen LogP contribution in [-0.4, -0.2) is 92.0 Å². The van der Waals surface area contributed by atoms with E-state index in [9.17, 15) is 34.2 Å². The number of aromatic nitrogens is 1. The molecule has 0 radical (unpaired) electrons. The van der Waals surface area contributed by atoms with Gasteiger partial charge < -0.3 is 30.7 Å². The van der Waals surface area contributed by atoms with Crippen LogP contribution >= 0.6 is 0 Å². The maximum absolute atomic E-state index is 14.3. The molecule has 6 N–H and O–H groups in total. The van der Waals surface area contributed by atoms with Gasteiger partial charge in [-0.2, -0.15) is 0 Å². The number of phenolic OH excluding ortho intramolecular Hbond substituents is 1. The largest absolute Gasteiger partial charge is 0.508 e. The van der Waals surface area contributed by atoms with Crippen molar-refractivity contribution in [2.75, 3.05) is 13.1 Å². The van der Waals surface area contributed by atoms with E-state index in [0.717, 1.165) is 21.5 Å². The lowest BCUT2D eigenvalue weighted by molar-refractivity contribution is -0.151. The monoisotopic (exact) mass is 666 g/mol. The zero-order valence-corrected chi connectivity index (χ0v) is 26.7. The van der Waals surface area contributed by atoms with Gasteiger partial charge in [0.1, 0.15) is 36.5 Å². The lowest BCUT2D eigenvalue weighted by Crippen LogP contribution is -2.61.